The molecular weight excluding hydrogens is 366 g/mol. The standard InChI is InChI=1S/C20H23NO5S/c1-3-9-25-18-12-20-19(26-13-27-20)11-15(18)6-4-5-14-7-8-17(24-2)16(10-14)21(22)23/h7-8,10-12H,3-6,9,13H2,1-2H3. The van der Waals surface area contributed by atoms with Crippen LogP contribution in [0.2, 0.25) is 0 Å². The fourth-order valence-corrected chi connectivity index (χ4v) is 3.79. The van der Waals surface area contributed by atoms with Crippen molar-refractivity contribution in [3.05, 3.63) is 51.6 Å². The molecule has 27 heavy (non-hydrogen) atoms. The van der Waals surface area contributed by atoms with Crippen molar-refractivity contribution < 1.29 is 19.1 Å². The van der Waals surface area contributed by atoms with E-state index in [1.165, 1.54) is 7.11 Å². The summed E-state index contributed by atoms with van der Waals surface area (Å²) in [5.74, 6) is 2.75. The number of ether oxygens (including phenoxy) is 3. The molecule has 0 atom stereocenters. The van der Waals surface area contributed by atoms with Crippen LogP contribution < -0.4 is 14.2 Å². The lowest BCUT2D eigenvalue weighted by Gasteiger charge is -2.13. The molecule has 7 heteroatoms. The minimum absolute atomic E-state index is 0.00456. The Morgan fingerprint density at radius 2 is 2.07 bits per heavy atom. The Morgan fingerprint density at radius 3 is 2.81 bits per heavy atom. The van der Waals surface area contributed by atoms with Crippen LogP contribution in [0, 0.1) is 10.1 Å². The topological polar surface area (TPSA) is 70.8 Å². The second kappa shape index (κ2) is 8.99. The van der Waals surface area contributed by atoms with Crippen LogP contribution in [0.3, 0.4) is 0 Å². The Kier molecular flexibility index (Phi) is 6.45. The summed E-state index contributed by atoms with van der Waals surface area (Å²) in [7, 11) is 1.44. The maximum absolute atomic E-state index is 11.2. The van der Waals surface area contributed by atoms with Gasteiger partial charge in [0.05, 0.1) is 23.5 Å². The van der Waals surface area contributed by atoms with Crippen molar-refractivity contribution in [2.24, 2.45) is 0 Å². The molecule has 1 aliphatic rings. The van der Waals surface area contributed by atoms with Crippen molar-refractivity contribution in [2.45, 2.75) is 37.5 Å². The van der Waals surface area contributed by atoms with Crippen LogP contribution >= 0.6 is 11.8 Å². The molecule has 2 aromatic carbocycles. The molecule has 1 aliphatic heterocycles. The van der Waals surface area contributed by atoms with E-state index in [1.807, 2.05) is 6.07 Å². The van der Waals surface area contributed by atoms with Crippen LogP contribution in [0.15, 0.2) is 35.2 Å². The van der Waals surface area contributed by atoms with Crippen molar-refractivity contribution in [2.75, 3.05) is 19.7 Å². The van der Waals surface area contributed by atoms with Crippen molar-refractivity contribution >= 4 is 17.4 Å². The molecule has 0 unspecified atom stereocenters. The van der Waals surface area contributed by atoms with Gasteiger partial charge in [-0.3, -0.25) is 10.1 Å². The zero-order valence-electron chi connectivity index (χ0n) is 15.5. The van der Waals surface area contributed by atoms with E-state index < -0.39 is 4.92 Å². The minimum Gasteiger partial charge on any atom is -0.493 e. The first-order valence-electron chi connectivity index (χ1n) is 8.99. The Hall–Kier alpha value is -2.41. The number of rotatable bonds is 9. The van der Waals surface area contributed by atoms with Gasteiger partial charge >= 0.3 is 5.69 Å². The van der Waals surface area contributed by atoms with Gasteiger partial charge in [0.15, 0.2) is 5.75 Å². The molecular formula is C20H23NO5S. The molecule has 0 fully saturated rings. The Bertz CT molecular complexity index is 824. The van der Waals surface area contributed by atoms with Crippen molar-refractivity contribution in [3.63, 3.8) is 0 Å². The average molecular weight is 389 g/mol. The first-order chi connectivity index (χ1) is 13.1. The number of methoxy groups -OCH3 is 1. The fourth-order valence-electron chi connectivity index (χ4n) is 3.02. The highest BCUT2D eigenvalue weighted by atomic mass is 32.2. The lowest BCUT2D eigenvalue weighted by Crippen LogP contribution is -2.01. The normalized spacial score (nSPS) is 12.4. The summed E-state index contributed by atoms with van der Waals surface area (Å²) in [6.07, 6.45) is 3.37. The van der Waals surface area contributed by atoms with Crippen LogP contribution in [0.1, 0.15) is 30.9 Å². The van der Waals surface area contributed by atoms with Gasteiger partial charge in [0.1, 0.15) is 17.4 Å². The highest BCUT2D eigenvalue weighted by molar-refractivity contribution is 7.99. The summed E-state index contributed by atoms with van der Waals surface area (Å²) in [4.78, 5) is 11.9. The smallest absolute Gasteiger partial charge is 0.311 e. The van der Waals surface area contributed by atoms with Gasteiger partial charge in [0, 0.05) is 6.07 Å². The molecule has 2 aromatic rings. The summed E-state index contributed by atoms with van der Waals surface area (Å²) in [5, 5.41) is 11.2. The lowest BCUT2D eigenvalue weighted by molar-refractivity contribution is -0.385. The van der Waals surface area contributed by atoms with Crippen LogP contribution in [-0.4, -0.2) is 24.6 Å². The van der Waals surface area contributed by atoms with Gasteiger partial charge < -0.3 is 14.2 Å². The van der Waals surface area contributed by atoms with Crippen LogP contribution in [0.25, 0.3) is 0 Å². The van der Waals surface area contributed by atoms with Gasteiger partial charge in [-0.15, -0.1) is 0 Å². The van der Waals surface area contributed by atoms with Crippen LogP contribution in [0.4, 0.5) is 5.69 Å². The predicted molar refractivity (Wildman–Crippen MR) is 105 cm³/mol. The number of benzene rings is 2. The zero-order chi connectivity index (χ0) is 19.2. The summed E-state index contributed by atoms with van der Waals surface area (Å²) in [5.41, 5.74) is 2.05. The van der Waals surface area contributed by atoms with Gasteiger partial charge in [-0.2, -0.15) is 0 Å². The second-order valence-electron chi connectivity index (χ2n) is 6.28. The molecule has 0 aromatic heterocycles. The zero-order valence-corrected chi connectivity index (χ0v) is 16.3. The molecule has 0 amide bonds. The minimum atomic E-state index is -0.408. The molecule has 6 nitrogen and oxygen atoms in total. The van der Waals surface area contributed by atoms with Crippen molar-refractivity contribution in [3.8, 4) is 17.2 Å². The number of fused-ring (bicyclic) bond motifs is 1. The van der Waals surface area contributed by atoms with E-state index in [0.717, 1.165) is 53.2 Å². The first kappa shape index (κ1) is 19.4. The van der Waals surface area contributed by atoms with E-state index >= 15 is 0 Å². The number of thioether (sulfide) groups is 1. The molecule has 0 saturated heterocycles. The first-order valence-corrected chi connectivity index (χ1v) is 9.97. The number of aryl methyl sites for hydroxylation is 2. The molecule has 0 bridgehead atoms. The average Bonchev–Trinajstić information content (AvgIpc) is 3.13. The highest BCUT2D eigenvalue weighted by Crippen LogP contribution is 2.41. The third-order valence-electron chi connectivity index (χ3n) is 4.37. The van der Waals surface area contributed by atoms with Gasteiger partial charge in [0.2, 0.25) is 0 Å². The number of nitro benzene ring substituents is 1. The number of hydrogen-bond acceptors (Lipinski definition) is 6. The molecule has 0 saturated carbocycles. The maximum Gasteiger partial charge on any atom is 0.311 e. The van der Waals surface area contributed by atoms with E-state index in [2.05, 4.69) is 19.1 Å². The quantitative estimate of drug-likeness (QED) is 0.443. The maximum atomic E-state index is 11.2. The van der Waals surface area contributed by atoms with E-state index in [1.54, 1.807) is 23.9 Å². The molecule has 3 rings (SSSR count). The summed E-state index contributed by atoms with van der Waals surface area (Å²) >= 11 is 1.67. The van der Waals surface area contributed by atoms with E-state index in [-0.39, 0.29) is 11.4 Å². The molecule has 1 heterocycles. The van der Waals surface area contributed by atoms with E-state index in [9.17, 15) is 10.1 Å². The highest BCUT2D eigenvalue weighted by Gasteiger charge is 2.18. The predicted octanol–water partition coefficient (Wildman–Crippen LogP) is 5.01. The molecule has 0 radical (unpaired) electrons. The van der Waals surface area contributed by atoms with Crippen LogP contribution in [-0.2, 0) is 12.8 Å². The molecule has 0 N–H and O–H groups in total. The number of nitrogens with zero attached hydrogens (tertiary/aromatic N) is 1. The molecule has 144 valence electrons. The van der Waals surface area contributed by atoms with Crippen LogP contribution in [0.5, 0.6) is 17.2 Å². The third-order valence-corrected chi connectivity index (χ3v) is 5.23. The van der Waals surface area contributed by atoms with Crippen molar-refractivity contribution in [1.82, 2.24) is 0 Å². The SMILES string of the molecule is CCCOc1cc2c(cc1CCCc1ccc(OC)c([N+](=O)[O-])c1)OCS2. The van der Waals surface area contributed by atoms with Gasteiger partial charge in [0.25, 0.3) is 0 Å². The fraction of sp³-hybridized carbons (Fsp3) is 0.400. The van der Waals surface area contributed by atoms with Gasteiger partial charge in [-0.1, -0.05) is 24.8 Å². The summed E-state index contributed by atoms with van der Waals surface area (Å²) in [6.45, 7) is 2.77. The largest absolute Gasteiger partial charge is 0.493 e. The van der Waals surface area contributed by atoms with Gasteiger partial charge in [-0.05, 0) is 55.0 Å². The second-order valence-corrected chi connectivity index (χ2v) is 7.24. The Morgan fingerprint density at radius 1 is 1.22 bits per heavy atom. The Balaban J connectivity index is 1.70. The monoisotopic (exact) mass is 389 g/mol. The van der Waals surface area contributed by atoms with Gasteiger partial charge in [-0.25, -0.2) is 0 Å². The lowest BCUT2D eigenvalue weighted by atomic mass is 10.0. The third kappa shape index (κ3) is 4.66. The Labute approximate surface area is 163 Å². The molecule has 0 spiro atoms. The van der Waals surface area contributed by atoms with Crippen molar-refractivity contribution in [1.29, 1.82) is 0 Å². The van der Waals surface area contributed by atoms with E-state index in [0.29, 0.717) is 12.5 Å². The van der Waals surface area contributed by atoms with E-state index in [4.69, 9.17) is 14.2 Å². The number of hydrogen-bond donors (Lipinski definition) is 0. The summed E-state index contributed by atoms with van der Waals surface area (Å²) in [6, 6.07) is 9.26. The summed E-state index contributed by atoms with van der Waals surface area (Å²) < 4.78 is 16.6. The number of nitro groups is 1. The molecule has 0 aliphatic carbocycles.